The Kier molecular flexibility index (Phi) is 11.4. The van der Waals surface area contributed by atoms with Crippen molar-refractivity contribution < 1.29 is 23.3 Å². The van der Waals surface area contributed by atoms with Crippen molar-refractivity contribution in [2.24, 2.45) is 0 Å². The summed E-state index contributed by atoms with van der Waals surface area (Å²) in [6.45, 7) is 0.268. The van der Waals surface area contributed by atoms with Gasteiger partial charge in [-0.15, -0.1) is 0 Å². The Hall–Kier alpha value is -4.14. The van der Waals surface area contributed by atoms with Crippen molar-refractivity contribution in [1.29, 1.82) is 0 Å². The van der Waals surface area contributed by atoms with Crippen molar-refractivity contribution in [1.82, 2.24) is 0 Å². The number of benzene rings is 5. The minimum absolute atomic E-state index is 0.101. The van der Waals surface area contributed by atoms with Crippen molar-refractivity contribution in [3.63, 3.8) is 0 Å². The van der Waals surface area contributed by atoms with Gasteiger partial charge in [0.1, 0.15) is 5.75 Å². The molecule has 0 spiro atoms. The van der Waals surface area contributed by atoms with E-state index < -0.39 is 24.8 Å². The molecule has 0 atom stereocenters. The summed E-state index contributed by atoms with van der Waals surface area (Å²) in [4.78, 5) is 12.7. The predicted molar refractivity (Wildman–Crippen MR) is 177 cm³/mol. The Labute approximate surface area is 264 Å². The summed E-state index contributed by atoms with van der Waals surface area (Å²) in [5.74, 6) is -0.561. The first-order valence-corrected chi connectivity index (χ1v) is 15.6. The fourth-order valence-electron chi connectivity index (χ4n) is 5.54. The smallest absolute Gasteiger partial charge is 0.452 e. The average Bonchev–Trinajstić information content (AvgIpc) is 3.09. The number of carbonyl (C=O) groups excluding carboxylic acids is 1. The van der Waals surface area contributed by atoms with Crippen LogP contribution in [0, 0.1) is 0 Å². The zero-order valence-electron chi connectivity index (χ0n) is 24.4. The van der Waals surface area contributed by atoms with Gasteiger partial charge in [-0.25, -0.2) is 0 Å². The summed E-state index contributed by atoms with van der Waals surface area (Å²) in [6.07, 6.45) is 0.866. The minimum Gasteiger partial charge on any atom is -0.452 e. The van der Waals surface area contributed by atoms with E-state index in [2.05, 4.69) is 72.8 Å². The summed E-state index contributed by atoms with van der Waals surface area (Å²) >= 11 is 0.806. The third-order valence-corrected chi connectivity index (χ3v) is 8.19. The molecule has 0 fully saturated rings. The first kappa shape index (κ1) is 31.3. The number of rotatable bonds is 15. The van der Waals surface area contributed by atoms with Gasteiger partial charge < -0.3 is 18.5 Å². The van der Waals surface area contributed by atoms with Crippen LogP contribution in [0.1, 0.15) is 46.8 Å². The molecule has 0 bridgehead atoms. The fraction of sp³-hybridized carbons (Fsp3) is 0.162. The maximum absolute atomic E-state index is 12.7. The van der Waals surface area contributed by atoms with Gasteiger partial charge in [-0.3, -0.25) is 4.79 Å². The van der Waals surface area contributed by atoms with Crippen LogP contribution in [0.4, 0.5) is 0 Å². The van der Waals surface area contributed by atoms with E-state index in [1.165, 1.54) is 16.7 Å². The molecule has 0 saturated heterocycles. The molecule has 0 heterocycles. The van der Waals surface area contributed by atoms with Gasteiger partial charge in [-0.05, 0) is 52.7 Å². The van der Waals surface area contributed by atoms with Gasteiger partial charge in [-0.1, -0.05) is 152 Å². The Morgan fingerprint density at radius 3 is 1.50 bits per heavy atom. The molecule has 1 N–H and O–H groups in total. The van der Waals surface area contributed by atoms with Crippen molar-refractivity contribution >= 4 is 25.3 Å². The summed E-state index contributed by atoms with van der Waals surface area (Å²) in [7, 11) is -1.48. The van der Waals surface area contributed by atoms with Gasteiger partial charge in [-0.2, -0.15) is 0 Å². The molecular weight excluding hydrogens is 567 g/mol. The molecule has 0 unspecified atom stereocenters. The lowest BCUT2D eigenvalue weighted by Gasteiger charge is -2.36. The lowest BCUT2D eigenvalue weighted by Crippen LogP contribution is -2.30. The van der Waals surface area contributed by atoms with Crippen molar-refractivity contribution in [3.05, 3.63) is 179 Å². The zero-order valence-corrected chi connectivity index (χ0v) is 25.2. The highest BCUT2D eigenvalue weighted by Gasteiger charge is 2.35. The first-order valence-electron chi connectivity index (χ1n) is 14.7. The summed E-state index contributed by atoms with van der Waals surface area (Å²) in [5, 5.41) is 10.4. The van der Waals surface area contributed by atoms with Gasteiger partial charge in [0.2, 0.25) is 0 Å². The third kappa shape index (κ3) is 8.07. The second-order valence-corrected chi connectivity index (χ2v) is 11.1. The molecule has 0 aliphatic carbocycles. The molecular formula is C37H35BO5S. The minimum atomic E-state index is -1.48. The Morgan fingerprint density at radius 1 is 0.659 bits per heavy atom. The summed E-state index contributed by atoms with van der Waals surface area (Å²) < 4.78 is 16.8. The van der Waals surface area contributed by atoms with E-state index in [4.69, 9.17) is 13.5 Å². The molecule has 5 aromatic rings. The highest BCUT2D eigenvalue weighted by atomic mass is 32.2. The van der Waals surface area contributed by atoms with Crippen molar-refractivity contribution in [2.45, 2.75) is 24.4 Å². The van der Waals surface area contributed by atoms with Crippen LogP contribution in [0.25, 0.3) is 0 Å². The van der Waals surface area contributed by atoms with Crippen molar-refractivity contribution in [3.8, 4) is 0 Å². The molecule has 0 saturated carbocycles. The topological polar surface area (TPSA) is 65.0 Å². The molecule has 0 radical (unpaired) electrons. The maximum Gasteiger partial charge on any atom is 0.648 e. The van der Waals surface area contributed by atoms with Crippen LogP contribution < -0.4 is 0 Å². The summed E-state index contributed by atoms with van der Waals surface area (Å²) in [5.41, 5.74) is 4.91. The molecule has 5 nitrogen and oxygen atoms in total. The maximum atomic E-state index is 12.7. The molecule has 0 aromatic heterocycles. The van der Waals surface area contributed by atoms with E-state index in [1.807, 2.05) is 78.9 Å². The molecule has 0 amide bonds. The van der Waals surface area contributed by atoms with Gasteiger partial charge >= 0.3 is 13.3 Å². The van der Waals surface area contributed by atoms with Crippen LogP contribution in [0.2, 0.25) is 0 Å². The number of ether oxygens (including phenoxy) is 1. The quantitative estimate of drug-likeness (QED) is 0.0434. The highest BCUT2D eigenvalue weighted by Crippen LogP contribution is 2.43. The summed E-state index contributed by atoms with van der Waals surface area (Å²) in [6, 6.07) is 50.6. The molecule has 44 heavy (non-hydrogen) atoms. The van der Waals surface area contributed by atoms with E-state index in [0.29, 0.717) is 6.42 Å². The number of esters is 1. The third-order valence-electron chi connectivity index (χ3n) is 7.54. The number of carbonyl (C=O) groups is 1. The molecule has 5 rings (SSSR count). The van der Waals surface area contributed by atoms with Gasteiger partial charge in [0.25, 0.3) is 0 Å². The lowest BCUT2D eigenvalue weighted by atomic mass is 9.67. The van der Waals surface area contributed by atoms with Crippen LogP contribution in [-0.4, -0.2) is 30.7 Å². The number of hydrogen-bond donors (Lipinski definition) is 1. The van der Waals surface area contributed by atoms with E-state index in [0.717, 1.165) is 29.6 Å². The monoisotopic (exact) mass is 602 g/mol. The predicted octanol–water partition coefficient (Wildman–Crippen LogP) is 7.79. The van der Waals surface area contributed by atoms with Crippen LogP contribution in [-0.2, 0) is 23.7 Å². The van der Waals surface area contributed by atoms with Crippen LogP contribution in [0.15, 0.2) is 152 Å². The second kappa shape index (κ2) is 16.1. The van der Waals surface area contributed by atoms with Gasteiger partial charge in [0.05, 0.1) is 0 Å². The van der Waals surface area contributed by atoms with Gasteiger partial charge in [0, 0.05) is 12.0 Å². The Bertz CT molecular complexity index is 1400. The van der Waals surface area contributed by atoms with Crippen molar-refractivity contribution in [2.75, 3.05) is 12.4 Å². The number of hydrogen-bond acceptors (Lipinski definition) is 6. The highest BCUT2D eigenvalue weighted by molar-refractivity contribution is 7.96. The van der Waals surface area contributed by atoms with E-state index in [1.54, 1.807) is 0 Å². The largest absolute Gasteiger partial charge is 0.648 e. The molecule has 222 valence electrons. The Morgan fingerprint density at radius 2 is 1.07 bits per heavy atom. The van der Waals surface area contributed by atoms with E-state index >= 15 is 0 Å². The average molecular weight is 603 g/mol. The Balaban J connectivity index is 1.16. The zero-order chi connectivity index (χ0) is 30.5. The fourth-order valence-corrected chi connectivity index (χ4v) is 5.94. The molecule has 0 aliphatic heterocycles. The lowest BCUT2D eigenvalue weighted by molar-refractivity contribution is -0.144. The second-order valence-electron chi connectivity index (χ2n) is 10.3. The van der Waals surface area contributed by atoms with Crippen LogP contribution >= 0.6 is 12.0 Å². The van der Waals surface area contributed by atoms with E-state index in [9.17, 15) is 9.82 Å². The van der Waals surface area contributed by atoms with E-state index in [-0.39, 0.29) is 12.4 Å². The SMILES string of the molecule is O=C(CSOB(O)OCCCC(c1ccccc1)(c1ccccc1)c1ccccc1)OC(c1ccccc1)c1ccccc1. The van der Waals surface area contributed by atoms with Crippen LogP contribution in [0.3, 0.4) is 0 Å². The van der Waals surface area contributed by atoms with Crippen LogP contribution in [0.5, 0.6) is 0 Å². The van der Waals surface area contributed by atoms with Gasteiger partial charge in [0.15, 0.2) is 6.10 Å². The molecule has 7 heteroatoms. The molecule has 5 aromatic carbocycles. The first-order chi connectivity index (χ1) is 21.7. The normalized spacial score (nSPS) is 11.3. The standard InChI is InChI=1S/C37H35BO5S/c39-35(42-36(30-17-6-1-7-18-30)31-19-8-2-9-20-31)29-44-43-38(40)41-28-16-27-37(32-21-10-3-11-22-32,33-23-12-4-13-24-33)34-25-14-5-15-26-34/h1-15,17-26,36,40H,16,27-29H2. The molecule has 0 aliphatic rings.